The van der Waals surface area contributed by atoms with Crippen LogP contribution in [0.4, 0.5) is 4.79 Å². The van der Waals surface area contributed by atoms with Crippen molar-refractivity contribution in [2.45, 2.75) is 25.5 Å². The molecule has 0 bridgehead atoms. The van der Waals surface area contributed by atoms with Crippen LogP contribution in [0.3, 0.4) is 0 Å². The summed E-state index contributed by atoms with van der Waals surface area (Å²) in [7, 11) is 1.53. The van der Waals surface area contributed by atoms with E-state index in [1.54, 1.807) is 0 Å². The largest absolute Gasteiger partial charge is 0.326 e. The highest BCUT2D eigenvalue weighted by atomic mass is 32.2. The molecule has 1 aliphatic heterocycles. The molecule has 66 valence electrons. The van der Waals surface area contributed by atoms with Crippen LogP contribution in [-0.2, 0) is 4.79 Å². The Hall–Kier alpha value is -0.445. The van der Waals surface area contributed by atoms with Gasteiger partial charge in [-0.2, -0.15) is 0 Å². The second-order valence-corrected chi connectivity index (χ2v) is 4.90. The summed E-state index contributed by atoms with van der Waals surface area (Å²) in [5.41, 5.74) is 0. The molecule has 0 aromatic heterocycles. The summed E-state index contributed by atoms with van der Waals surface area (Å²) < 4.78 is -0.550. The van der Waals surface area contributed by atoms with E-state index >= 15 is 0 Å². The Kier molecular flexibility index (Phi) is 2.25. The van der Waals surface area contributed by atoms with Gasteiger partial charge in [0.05, 0.1) is 0 Å². The Morgan fingerprint density at radius 2 is 2.00 bits per heavy atom. The minimum absolute atomic E-state index is 0.0764. The molecule has 5 heteroatoms. The summed E-state index contributed by atoms with van der Waals surface area (Å²) in [6.07, 6.45) is 0. The fraction of sp³-hybridized carbons (Fsp3) is 0.714. The van der Waals surface area contributed by atoms with Crippen molar-refractivity contribution >= 4 is 30.9 Å². The number of imide groups is 1. The Morgan fingerprint density at radius 3 is 2.17 bits per heavy atom. The van der Waals surface area contributed by atoms with E-state index in [-0.39, 0.29) is 17.1 Å². The molecule has 0 saturated carbocycles. The van der Waals surface area contributed by atoms with Crippen molar-refractivity contribution in [1.82, 2.24) is 4.81 Å². The van der Waals surface area contributed by atoms with Gasteiger partial charge in [0.2, 0.25) is 13.9 Å². The molecular formula is C7H12BNO2S. The van der Waals surface area contributed by atoms with E-state index < -0.39 is 4.75 Å². The summed E-state index contributed by atoms with van der Waals surface area (Å²) in [6, 6.07) is 0. The van der Waals surface area contributed by atoms with Gasteiger partial charge >= 0.3 is 0 Å². The van der Waals surface area contributed by atoms with E-state index in [0.717, 1.165) is 11.8 Å². The molecule has 0 aliphatic carbocycles. The van der Waals surface area contributed by atoms with Gasteiger partial charge in [-0.15, -0.1) is 0 Å². The van der Waals surface area contributed by atoms with E-state index in [4.69, 9.17) is 0 Å². The Morgan fingerprint density at radius 1 is 1.50 bits per heavy atom. The minimum Gasteiger partial charge on any atom is -0.326 e. The van der Waals surface area contributed by atoms with Gasteiger partial charge in [0.25, 0.3) is 5.24 Å². The molecule has 0 aromatic carbocycles. The lowest BCUT2D eigenvalue weighted by Crippen LogP contribution is -2.39. The average Bonchev–Trinajstić information content (AvgIpc) is 2.17. The highest BCUT2D eigenvalue weighted by Gasteiger charge is 2.48. The van der Waals surface area contributed by atoms with Crippen molar-refractivity contribution in [1.29, 1.82) is 0 Å². The third kappa shape index (κ3) is 1.16. The summed E-state index contributed by atoms with van der Waals surface area (Å²) in [6.45, 7) is 5.74. The second-order valence-electron chi connectivity index (χ2n) is 3.49. The zero-order valence-corrected chi connectivity index (χ0v) is 8.57. The number of carbonyl (C=O) groups excluding carboxylic acids is 2. The molecule has 0 N–H and O–H groups in total. The molecule has 0 spiro atoms. The lowest BCUT2D eigenvalue weighted by Gasteiger charge is -2.23. The van der Waals surface area contributed by atoms with Crippen molar-refractivity contribution in [3.63, 3.8) is 0 Å². The van der Waals surface area contributed by atoms with E-state index in [0.29, 0.717) is 0 Å². The summed E-state index contributed by atoms with van der Waals surface area (Å²) >= 11 is 1.13. The smallest absolute Gasteiger partial charge is 0.276 e. The van der Waals surface area contributed by atoms with Gasteiger partial charge in [-0.05, 0) is 24.6 Å². The van der Waals surface area contributed by atoms with E-state index in [1.165, 1.54) is 12.8 Å². The maximum Gasteiger partial charge on any atom is 0.276 e. The molecule has 1 aliphatic rings. The Labute approximate surface area is 77.3 Å². The zero-order valence-electron chi connectivity index (χ0n) is 7.75. The maximum absolute atomic E-state index is 11.6. The first-order valence-corrected chi connectivity index (χ1v) is 4.72. The van der Waals surface area contributed by atoms with E-state index in [1.807, 2.05) is 20.8 Å². The van der Waals surface area contributed by atoms with Crippen LogP contribution in [0, 0.1) is 5.92 Å². The molecular weight excluding hydrogens is 173 g/mol. The fourth-order valence-corrected chi connectivity index (χ4v) is 2.12. The Bertz CT molecular complexity index is 244. The molecule has 1 saturated heterocycles. The van der Waals surface area contributed by atoms with Crippen LogP contribution in [0.2, 0.25) is 0 Å². The van der Waals surface area contributed by atoms with Crippen LogP contribution in [0.1, 0.15) is 20.8 Å². The van der Waals surface area contributed by atoms with Crippen molar-refractivity contribution in [2.24, 2.45) is 5.92 Å². The van der Waals surface area contributed by atoms with Gasteiger partial charge < -0.3 is 4.81 Å². The first kappa shape index (κ1) is 9.64. The number of amides is 2. The second kappa shape index (κ2) is 2.80. The van der Waals surface area contributed by atoms with Crippen LogP contribution in [0.25, 0.3) is 0 Å². The summed E-state index contributed by atoms with van der Waals surface area (Å²) in [5, 5.41) is -0.142. The molecule has 0 radical (unpaired) electrons. The van der Waals surface area contributed by atoms with Crippen molar-refractivity contribution in [2.75, 3.05) is 0 Å². The molecule has 1 heterocycles. The average molecular weight is 185 g/mol. The van der Waals surface area contributed by atoms with Crippen LogP contribution >= 0.6 is 11.8 Å². The first-order valence-electron chi connectivity index (χ1n) is 3.90. The van der Waals surface area contributed by atoms with Gasteiger partial charge in [-0.25, -0.2) is 0 Å². The third-order valence-corrected chi connectivity index (χ3v) is 3.92. The van der Waals surface area contributed by atoms with Gasteiger partial charge in [0.1, 0.15) is 4.75 Å². The lowest BCUT2D eigenvalue weighted by atomic mass is 9.95. The quantitative estimate of drug-likeness (QED) is 0.562. The van der Waals surface area contributed by atoms with Gasteiger partial charge in [-0.3, -0.25) is 9.59 Å². The minimum atomic E-state index is -0.550. The highest BCUT2D eigenvalue weighted by Crippen LogP contribution is 2.41. The molecule has 3 nitrogen and oxygen atoms in total. The van der Waals surface area contributed by atoms with Crippen molar-refractivity contribution in [3.05, 3.63) is 0 Å². The van der Waals surface area contributed by atoms with E-state index in [9.17, 15) is 9.59 Å². The first-order chi connectivity index (χ1) is 5.39. The van der Waals surface area contributed by atoms with Crippen LogP contribution in [-0.4, -0.2) is 28.7 Å². The number of thioether (sulfide) groups is 1. The molecule has 1 rings (SSSR count). The molecule has 0 aromatic rings. The molecule has 1 atom stereocenters. The van der Waals surface area contributed by atoms with Crippen LogP contribution < -0.4 is 0 Å². The summed E-state index contributed by atoms with van der Waals surface area (Å²) in [4.78, 5) is 23.9. The number of carbonyl (C=O) groups is 2. The van der Waals surface area contributed by atoms with Crippen LogP contribution in [0.15, 0.2) is 0 Å². The topological polar surface area (TPSA) is 37.4 Å². The van der Waals surface area contributed by atoms with Gasteiger partial charge in [-0.1, -0.05) is 13.8 Å². The Balaban J connectivity index is 2.97. The van der Waals surface area contributed by atoms with Crippen LogP contribution in [0.5, 0.6) is 0 Å². The standard InChI is InChI=1S/C7H12BNO2S/c1-4(2)7(3)5(10)9(8)6(11)12-7/h4H,8H2,1-3H3. The normalized spacial score (nSPS) is 30.5. The summed E-state index contributed by atoms with van der Waals surface area (Å²) in [5.74, 6) is 0.108. The van der Waals surface area contributed by atoms with Gasteiger partial charge in [0.15, 0.2) is 0 Å². The molecule has 1 unspecified atom stereocenters. The molecule has 12 heavy (non-hydrogen) atoms. The fourth-order valence-electron chi connectivity index (χ4n) is 1.07. The van der Waals surface area contributed by atoms with Crippen molar-refractivity contribution < 1.29 is 9.59 Å². The predicted molar refractivity (Wildman–Crippen MR) is 51.6 cm³/mol. The van der Waals surface area contributed by atoms with Gasteiger partial charge in [0, 0.05) is 0 Å². The SMILES string of the molecule is BN1C(=O)SC(C)(C(C)C)C1=O. The number of rotatable bonds is 1. The monoisotopic (exact) mass is 185 g/mol. The maximum atomic E-state index is 11.6. The molecule has 1 fully saturated rings. The lowest BCUT2D eigenvalue weighted by molar-refractivity contribution is -0.126. The third-order valence-electron chi connectivity index (χ3n) is 2.40. The number of hydrogen-bond donors (Lipinski definition) is 0. The number of hydrogen-bond acceptors (Lipinski definition) is 3. The van der Waals surface area contributed by atoms with Crippen molar-refractivity contribution in [3.8, 4) is 0 Å². The highest BCUT2D eigenvalue weighted by molar-refractivity contribution is 8.16. The zero-order chi connectivity index (χ0) is 9.52. The van der Waals surface area contributed by atoms with E-state index in [2.05, 4.69) is 0 Å². The number of nitrogens with zero attached hydrogens (tertiary/aromatic N) is 1. The predicted octanol–water partition coefficient (Wildman–Crippen LogP) is 0.645. The molecule has 2 amide bonds.